The number of nitrogens with two attached hydrogens (primary N) is 1. The van der Waals surface area contributed by atoms with Crippen molar-refractivity contribution in [1.29, 1.82) is 0 Å². The van der Waals surface area contributed by atoms with Crippen molar-refractivity contribution in [2.75, 3.05) is 7.05 Å². The van der Waals surface area contributed by atoms with Gasteiger partial charge in [-0.05, 0) is 36.6 Å². The Morgan fingerprint density at radius 3 is 2.60 bits per heavy atom. The lowest BCUT2D eigenvalue weighted by molar-refractivity contribution is -0.128. The van der Waals surface area contributed by atoms with E-state index in [9.17, 15) is 9.59 Å². The van der Waals surface area contributed by atoms with Crippen molar-refractivity contribution in [3.05, 3.63) is 59.7 Å². The Labute approximate surface area is 147 Å². The van der Waals surface area contributed by atoms with Crippen LogP contribution >= 0.6 is 0 Å². The van der Waals surface area contributed by atoms with Gasteiger partial charge < -0.3 is 5.73 Å². The van der Waals surface area contributed by atoms with Gasteiger partial charge in [-0.2, -0.15) is 0 Å². The average Bonchev–Trinajstić information content (AvgIpc) is 2.59. The lowest BCUT2D eigenvalue weighted by Crippen LogP contribution is -2.47. The molecule has 1 unspecified atom stereocenters. The van der Waals surface area contributed by atoms with E-state index in [1.54, 1.807) is 14.0 Å². The van der Waals surface area contributed by atoms with Gasteiger partial charge in [-0.3, -0.25) is 14.5 Å². The molecule has 0 saturated carbocycles. The zero-order chi connectivity index (χ0) is 18.2. The Bertz CT molecular complexity index is 888. The summed E-state index contributed by atoms with van der Waals surface area (Å²) in [5.74, 6) is 0.168. The van der Waals surface area contributed by atoms with Crippen molar-refractivity contribution in [2.45, 2.75) is 25.8 Å². The molecule has 1 amide bonds. The Hall–Kier alpha value is -2.95. The minimum atomic E-state index is -0.713. The molecule has 1 aliphatic rings. The number of hydrogen-bond donors (Lipinski definition) is 1. The summed E-state index contributed by atoms with van der Waals surface area (Å²) in [7, 11) is 1.63. The smallest absolute Gasteiger partial charge is 0.231 e. The third kappa shape index (κ3) is 3.05. The van der Waals surface area contributed by atoms with Crippen molar-refractivity contribution >= 4 is 17.6 Å². The molecule has 5 nitrogen and oxygen atoms in total. The molecule has 25 heavy (non-hydrogen) atoms. The van der Waals surface area contributed by atoms with Gasteiger partial charge in [0.1, 0.15) is 0 Å². The minimum Gasteiger partial charge on any atom is -0.369 e. The summed E-state index contributed by atoms with van der Waals surface area (Å²) in [6, 6.07) is 15.3. The third-order valence-electron chi connectivity index (χ3n) is 4.68. The highest BCUT2D eigenvalue weighted by molar-refractivity contribution is 6.01. The van der Waals surface area contributed by atoms with Gasteiger partial charge in [-0.1, -0.05) is 42.5 Å². The molecular weight excluding hydrogens is 314 g/mol. The highest BCUT2D eigenvalue weighted by atomic mass is 16.2. The second-order valence-corrected chi connectivity index (χ2v) is 6.56. The van der Waals surface area contributed by atoms with E-state index in [-0.39, 0.29) is 24.1 Å². The predicted octanol–water partition coefficient (Wildman–Crippen LogP) is 2.95. The standard InChI is InChI=1S/C20H21N3O2/c1-13(24)16-9-4-5-10-17(16)14-7-6-8-15(11-14)20(2)12-18(25)23(3)19(21)22-20/h4-11H,12H2,1-3H3,(H2,21,22). The quantitative estimate of drug-likeness (QED) is 0.876. The number of ketones is 1. The predicted molar refractivity (Wildman–Crippen MR) is 98.2 cm³/mol. The van der Waals surface area contributed by atoms with Gasteiger partial charge >= 0.3 is 0 Å². The summed E-state index contributed by atoms with van der Waals surface area (Å²) in [5.41, 5.74) is 8.55. The van der Waals surface area contributed by atoms with Crippen LogP contribution in [0.4, 0.5) is 0 Å². The molecule has 0 saturated heterocycles. The van der Waals surface area contributed by atoms with Crippen molar-refractivity contribution < 1.29 is 9.59 Å². The van der Waals surface area contributed by atoms with Crippen LogP contribution in [0.25, 0.3) is 11.1 Å². The minimum absolute atomic E-state index is 0.0175. The summed E-state index contributed by atoms with van der Waals surface area (Å²) in [4.78, 5) is 30.0. The number of amides is 1. The van der Waals surface area contributed by atoms with Gasteiger partial charge in [0.2, 0.25) is 5.91 Å². The lowest BCUT2D eigenvalue weighted by Gasteiger charge is -2.33. The molecule has 0 fully saturated rings. The molecule has 2 aromatic rings. The zero-order valence-corrected chi connectivity index (χ0v) is 14.6. The monoisotopic (exact) mass is 335 g/mol. The first-order chi connectivity index (χ1) is 11.8. The fraction of sp³-hybridized carbons (Fsp3) is 0.250. The molecule has 0 radical (unpaired) electrons. The number of carbonyl (C=O) groups excluding carboxylic acids is 2. The van der Waals surface area contributed by atoms with Crippen LogP contribution in [0.15, 0.2) is 53.5 Å². The maximum atomic E-state index is 12.2. The molecule has 1 atom stereocenters. The number of hydrogen-bond acceptors (Lipinski definition) is 4. The van der Waals surface area contributed by atoms with E-state index in [0.717, 1.165) is 16.7 Å². The Morgan fingerprint density at radius 2 is 1.92 bits per heavy atom. The first kappa shape index (κ1) is 16.9. The highest BCUT2D eigenvalue weighted by Crippen LogP contribution is 2.35. The molecule has 1 aliphatic heterocycles. The molecule has 5 heteroatoms. The number of aliphatic imine (C=N–C) groups is 1. The SMILES string of the molecule is CC(=O)c1ccccc1-c1cccc(C2(C)CC(=O)N(C)C(N)=N2)c1. The molecule has 2 N–H and O–H groups in total. The average molecular weight is 335 g/mol. The zero-order valence-electron chi connectivity index (χ0n) is 14.6. The van der Waals surface area contributed by atoms with Gasteiger partial charge in [0, 0.05) is 12.6 Å². The van der Waals surface area contributed by atoms with E-state index in [2.05, 4.69) is 4.99 Å². The normalized spacial score (nSPS) is 20.4. The van der Waals surface area contributed by atoms with Crippen LogP contribution in [-0.2, 0) is 10.3 Å². The van der Waals surface area contributed by atoms with Crippen LogP contribution < -0.4 is 5.73 Å². The van der Waals surface area contributed by atoms with Gasteiger partial charge in [0.05, 0.1) is 12.0 Å². The Morgan fingerprint density at radius 1 is 1.20 bits per heavy atom. The van der Waals surface area contributed by atoms with Crippen molar-refractivity contribution in [2.24, 2.45) is 10.7 Å². The first-order valence-corrected chi connectivity index (χ1v) is 8.14. The molecule has 0 spiro atoms. The summed E-state index contributed by atoms with van der Waals surface area (Å²) in [6.45, 7) is 3.46. The maximum Gasteiger partial charge on any atom is 0.231 e. The number of rotatable bonds is 3. The maximum absolute atomic E-state index is 12.2. The first-order valence-electron chi connectivity index (χ1n) is 8.14. The van der Waals surface area contributed by atoms with Gasteiger partial charge in [0.25, 0.3) is 0 Å². The highest BCUT2D eigenvalue weighted by Gasteiger charge is 2.36. The fourth-order valence-corrected chi connectivity index (χ4v) is 3.14. The molecule has 0 bridgehead atoms. The summed E-state index contributed by atoms with van der Waals surface area (Å²) in [6.07, 6.45) is 0.252. The Balaban J connectivity index is 2.10. The van der Waals surface area contributed by atoms with E-state index in [4.69, 9.17) is 5.73 Å². The van der Waals surface area contributed by atoms with E-state index in [1.165, 1.54) is 4.90 Å². The van der Waals surface area contributed by atoms with Gasteiger partial charge in [-0.15, -0.1) is 0 Å². The summed E-state index contributed by atoms with van der Waals surface area (Å²) in [5, 5.41) is 0. The van der Waals surface area contributed by atoms with E-state index in [0.29, 0.717) is 5.56 Å². The van der Waals surface area contributed by atoms with E-state index in [1.807, 2.05) is 55.5 Å². The molecule has 1 heterocycles. The third-order valence-corrected chi connectivity index (χ3v) is 4.68. The lowest BCUT2D eigenvalue weighted by atomic mass is 9.85. The van der Waals surface area contributed by atoms with Crippen LogP contribution in [0.3, 0.4) is 0 Å². The van der Waals surface area contributed by atoms with Crippen LogP contribution in [0.1, 0.15) is 36.2 Å². The number of carbonyl (C=O) groups is 2. The van der Waals surface area contributed by atoms with Crippen LogP contribution in [0.2, 0.25) is 0 Å². The molecule has 0 aromatic heterocycles. The molecule has 2 aromatic carbocycles. The number of Topliss-reactive ketones (excluding diaryl/α,β-unsaturated/α-hetero) is 1. The fourth-order valence-electron chi connectivity index (χ4n) is 3.14. The van der Waals surface area contributed by atoms with Crippen molar-refractivity contribution in [1.82, 2.24) is 4.90 Å². The topological polar surface area (TPSA) is 75.8 Å². The molecule has 0 aliphatic carbocycles. The van der Waals surface area contributed by atoms with E-state index < -0.39 is 5.54 Å². The van der Waals surface area contributed by atoms with Crippen LogP contribution in [0, 0.1) is 0 Å². The number of nitrogens with zero attached hydrogens (tertiary/aromatic N) is 2. The van der Waals surface area contributed by atoms with Gasteiger partial charge in [-0.25, -0.2) is 4.99 Å². The largest absolute Gasteiger partial charge is 0.369 e. The van der Waals surface area contributed by atoms with Crippen LogP contribution in [-0.4, -0.2) is 29.6 Å². The van der Waals surface area contributed by atoms with Gasteiger partial charge in [0.15, 0.2) is 11.7 Å². The van der Waals surface area contributed by atoms with Crippen molar-refractivity contribution in [3.8, 4) is 11.1 Å². The van der Waals surface area contributed by atoms with E-state index >= 15 is 0 Å². The second-order valence-electron chi connectivity index (χ2n) is 6.56. The molecule has 3 rings (SSSR count). The van der Waals surface area contributed by atoms with Crippen LogP contribution in [0.5, 0.6) is 0 Å². The Kier molecular flexibility index (Phi) is 4.17. The second kappa shape index (κ2) is 6.16. The molecule has 128 valence electrons. The summed E-state index contributed by atoms with van der Waals surface area (Å²) >= 11 is 0. The molecular formula is C20H21N3O2. The number of benzene rings is 2. The number of guanidine groups is 1. The van der Waals surface area contributed by atoms with Crippen molar-refractivity contribution in [3.63, 3.8) is 0 Å². The summed E-state index contributed by atoms with van der Waals surface area (Å²) < 4.78 is 0.